The highest BCUT2D eigenvalue weighted by atomic mass is 35.5. The van der Waals surface area contributed by atoms with Crippen molar-refractivity contribution in [3.8, 4) is 22.0 Å². The maximum Gasteiger partial charge on any atom is 0.256 e. The quantitative estimate of drug-likeness (QED) is 0.252. The van der Waals surface area contributed by atoms with Gasteiger partial charge in [0.2, 0.25) is 0 Å². The van der Waals surface area contributed by atoms with Gasteiger partial charge < -0.3 is 5.32 Å². The number of pyridine rings is 2. The van der Waals surface area contributed by atoms with E-state index >= 15 is 0 Å². The van der Waals surface area contributed by atoms with Crippen LogP contribution in [0.15, 0.2) is 85.2 Å². The second kappa shape index (κ2) is 11.0. The minimum atomic E-state index is -3.16. The van der Waals surface area contributed by atoms with E-state index in [1.165, 1.54) is 11.3 Å². The summed E-state index contributed by atoms with van der Waals surface area (Å²) in [6, 6.07) is 21.8. The first-order chi connectivity index (χ1) is 19.4. The van der Waals surface area contributed by atoms with Crippen molar-refractivity contribution in [1.82, 2.24) is 19.7 Å². The topological polar surface area (TPSA) is 107 Å². The molecule has 1 amide bonds. The van der Waals surface area contributed by atoms with Gasteiger partial charge in [-0.05, 0) is 60.5 Å². The van der Waals surface area contributed by atoms with Crippen LogP contribution in [-0.2, 0) is 16.3 Å². The Morgan fingerprint density at radius 1 is 1.02 bits per heavy atom. The number of hydrogen-bond donors (Lipinski definition) is 1. The van der Waals surface area contributed by atoms with Crippen molar-refractivity contribution in [2.24, 2.45) is 0 Å². The molecule has 202 valence electrons. The highest BCUT2D eigenvalue weighted by molar-refractivity contribution is 7.91. The van der Waals surface area contributed by atoms with E-state index in [-0.39, 0.29) is 23.5 Å². The smallest absolute Gasteiger partial charge is 0.256 e. The number of anilines is 1. The van der Waals surface area contributed by atoms with Gasteiger partial charge in [0.25, 0.3) is 5.91 Å². The molecule has 0 bridgehead atoms. The summed E-state index contributed by atoms with van der Waals surface area (Å²) in [7, 11) is -3.16. The Labute approximate surface area is 240 Å². The van der Waals surface area contributed by atoms with Gasteiger partial charge in [-0.1, -0.05) is 35.9 Å². The molecule has 1 unspecified atom stereocenters. The Kier molecular flexibility index (Phi) is 7.22. The lowest BCUT2D eigenvalue weighted by Gasteiger charge is -2.14. The zero-order chi connectivity index (χ0) is 27.7. The summed E-state index contributed by atoms with van der Waals surface area (Å²) in [6.45, 7) is 0. The third-order valence-electron chi connectivity index (χ3n) is 6.75. The van der Waals surface area contributed by atoms with Crippen LogP contribution in [0.2, 0.25) is 4.34 Å². The summed E-state index contributed by atoms with van der Waals surface area (Å²) in [6.07, 6.45) is 4.26. The number of amides is 1. The largest absolute Gasteiger partial charge is 0.307 e. The molecule has 6 rings (SSSR count). The van der Waals surface area contributed by atoms with E-state index in [1.807, 2.05) is 59.3 Å². The van der Waals surface area contributed by atoms with Gasteiger partial charge in [-0.3, -0.25) is 14.5 Å². The molecule has 1 aliphatic rings. The van der Waals surface area contributed by atoms with Crippen LogP contribution in [-0.4, -0.2) is 45.6 Å². The molecular formula is C29H24ClN5O3S2. The Balaban J connectivity index is 1.45. The predicted molar refractivity (Wildman–Crippen MR) is 158 cm³/mol. The Morgan fingerprint density at radius 3 is 2.52 bits per heavy atom. The SMILES string of the molecule is O=C(Nc1ccccn1)c1cccc(Cc2c(-c3ccc(Cl)s3)nn(C3CCS(=O)(=O)C3)c2-c2ccccn2)c1. The van der Waals surface area contributed by atoms with Crippen molar-refractivity contribution < 1.29 is 13.2 Å². The van der Waals surface area contributed by atoms with Crippen molar-refractivity contribution in [3.05, 3.63) is 106 Å². The van der Waals surface area contributed by atoms with Crippen molar-refractivity contribution in [1.29, 1.82) is 0 Å². The van der Waals surface area contributed by atoms with Crippen LogP contribution in [0.5, 0.6) is 0 Å². The molecule has 5 aromatic rings. The molecule has 0 spiro atoms. The van der Waals surface area contributed by atoms with Crippen LogP contribution in [0.4, 0.5) is 5.82 Å². The second-order valence-electron chi connectivity index (χ2n) is 9.54. The molecule has 1 aliphatic heterocycles. The van der Waals surface area contributed by atoms with Gasteiger partial charge in [-0.2, -0.15) is 5.10 Å². The average molecular weight is 590 g/mol. The van der Waals surface area contributed by atoms with E-state index in [0.29, 0.717) is 34.3 Å². The fourth-order valence-electron chi connectivity index (χ4n) is 4.93. The third-order valence-corrected chi connectivity index (χ3v) is 9.74. The van der Waals surface area contributed by atoms with E-state index < -0.39 is 9.84 Å². The van der Waals surface area contributed by atoms with E-state index in [2.05, 4.69) is 15.3 Å². The first-order valence-corrected chi connectivity index (χ1v) is 15.7. The van der Waals surface area contributed by atoms with Crippen molar-refractivity contribution >= 4 is 44.5 Å². The predicted octanol–water partition coefficient (Wildman–Crippen LogP) is 5.92. The summed E-state index contributed by atoms with van der Waals surface area (Å²) in [5.41, 5.74) is 4.48. The number of hydrogen-bond acceptors (Lipinski definition) is 7. The Bertz CT molecular complexity index is 1790. The van der Waals surface area contributed by atoms with E-state index in [4.69, 9.17) is 16.7 Å². The summed E-state index contributed by atoms with van der Waals surface area (Å²) in [5, 5.41) is 7.83. The highest BCUT2D eigenvalue weighted by Crippen LogP contribution is 2.40. The molecular weight excluding hydrogens is 566 g/mol. The lowest BCUT2D eigenvalue weighted by molar-refractivity contribution is 0.102. The van der Waals surface area contributed by atoms with Gasteiger partial charge in [0.15, 0.2) is 9.84 Å². The van der Waals surface area contributed by atoms with Crippen LogP contribution in [0.25, 0.3) is 22.0 Å². The van der Waals surface area contributed by atoms with Crippen LogP contribution >= 0.6 is 22.9 Å². The number of rotatable bonds is 7. The number of halogens is 1. The summed E-state index contributed by atoms with van der Waals surface area (Å²) in [4.78, 5) is 22.7. The molecule has 1 aromatic carbocycles. The third kappa shape index (κ3) is 5.56. The molecule has 1 saturated heterocycles. The zero-order valence-corrected chi connectivity index (χ0v) is 23.6. The molecule has 1 atom stereocenters. The molecule has 0 aliphatic carbocycles. The maximum atomic E-state index is 13.0. The van der Waals surface area contributed by atoms with Crippen LogP contribution < -0.4 is 5.32 Å². The second-order valence-corrected chi connectivity index (χ2v) is 13.5. The van der Waals surface area contributed by atoms with E-state index in [9.17, 15) is 13.2 Å². The Hall–Kier alpha value is -3.86. The van der Waals surface area contributed by atoms with Crippen LogP contribution in [0.1, 0.15) is 33.9 Å². The molecule has 0 saturated carbocycles. The molecule has 8 nitrogen and oxygen atoms in total. The fraction of sp³-hybridized carbons (Fsp3) is 0.172. The molecule has 5 heterocycles. The number of thiophene rings is 1. The van der Waals surface area contributed by atoms with Crippen molar-refractivity contribution in [2.45, 2.75) is 18.9 Å². The first-order valence-electron chi connectivity index (χ1n) is 12.7. The maximum absolute atomic E-state index is 13.0. The summed E-state index contributed by atoms with van der Waals surface area (Å²) < 4.78 is 27.3. The van der Waals surface area contributed by atoms with Gasteiger partial charge in [0.1, 0.15) is 11.5 Å². The minimum absolute atomic E-state index is 0.0295. The van der Waals surface area contributed by atoms with Gasteiger partial charge >= 0.3 is 0 Å². The van der Waals surface area contributed by atoms with Gasteiger partial charge in [0, 0.05) is 29.9 Å². The molecule has 1 fully saturated rings. The number of benzene rings is 1. The molecule has 0 radical (unpaired) electrons. The normalized spacial score (nSPS) is 16.2. The van der Waals surface area contributed by atoms with Gasteiger partial charge in [-0.15, -0.1) is 11.3 Å². The summed E-state index contributed by atoms with van der Waals surface area (Å²) in [5.74, 6) is 0.367. The average Bonchev–Trinajstić information content (AvgIpc) is 3.66. The van der Waals surface area contributed by atoms with Crippen LogP contribution in [0.3, 0.4) is 0 Å². The highest BCUT2D eigenvalue weighted by Gasteiger charge is 2.34. The van der Waals surface area contributed by atoms with Crippen LogP contribution in [0, 0.1) is 0 Å². The first kappa shape index (κ1) is 26.4. The van der Waals surface area contributed by atoms with Gasteiger partial charge in [-0.25, -0.2) is 13.4 Å². The van der Waals surface area contributed by atoms with Crippen molar-refractivity contribution in [2.75, 3.05) is 16.8 Å². The number of nitrogens with one attached hydrogen (secondary N) is 1. The number of carbonyl (C=O) groups excluding carboxylic acids is 1. The Morgan fingerprint density at radius 2 is 1.85 bits per heavy atom. The number of aromatic nitrogens is 4. The minimum Gasteiger partial charge on any atom is -0.307 e. The standard InChI is InChI=1S/C29H24ClN5O3S2/c30-25-11-10-24(39-25)27-22(17-19-6-5-7-20(16-19)29(36)33-26-9-2-4-14-32-26)28(23-8-1-3-13-31-23)35(34-27)21-12-15-40(37,38)18-21/h1-11,13-14,16,21H,12,15,17-18H2,(H,32,33,36). The number of carbonyl (C=O) groups is 1. The molecule has 1 N–H and O–H groups in total. The number of nitrogens with zero attached hydrogens (tertiary/aromatic N) is 4. The van der Waals surface area contributed by atoms with Crippen molar-refractivity contribution in [3.63, 3.8) is 0 Å². The van der Waals surface area contributed by atoms with E-state index in [0.717, 1.165) is 27.4 Å². The molecule has 11 heteroatoms. The van der Waals surface area contributed by atoms with Gasteiger partial charge in [0.05, 0.1) is 38.1 Å². The summed E-state index contributed by atoms with van der Waals surface area (Å²) >= 11 is 7.73. The monoisotopic (exact) mass is 589 g/mol. The molecule has 40 heavy (non-hydrogen) atoms. The molecule has 4 aromatic heterocycles. The lowest BCUT2D eigenvalue weighted by atomic mass is 9.98. The zero-order valence-electron chi connectivity index (χ0n) is 21.2. The lowest BCUT2D eigenvalue weighted by Crippen LogP contribution is -2.14. The fourth-order valence-corrected chi connectivity index (χ4v) is 7.68. The number of sulfone groups is 1. The van der Waals surface area contributed by atoms with E-state index in [1.54, 1.807) is 30.6 Å².